The van der Waals surface area contributed by atoms with Crippen LogP contribution < -0.4 is 9.62 Å². The van der Waals surface area contributed by atoms with E-state index in [1.54, 1.807) is 30.3 Å². The lowest BCUT2D eigenvalue weighted by Gasteiger charge is -2.34. The van der Waals surface area contributed by atoms with Gasteiger partial charge in [0, 0.05) is 44.7 Å². The Bertz CT molecular complexity index is 1830. The summed E-state index contributed by atoms with van der Waals surface area (Å²) in [7, 11) is -4.33. The molecule has 0 unspecified atom stereocenters. The zero-order valence-electron chi connectivity index (χ0n) is 26.2. The van der Waals surface area contributed by atoms with Crippen molar-refractivity contribution >= 4 is 73.9 Å². The molecule has 0 aliphatic heterocycles. The van der Waals surface area contributed by atoms with Gasteiger partial charge in [-0.25, -0.2) is 8.42 Å². The average Bonchev–Trinajstić information content (AvgIpc) is 3.56. The van der Waals surface area contributed by atoms with Gasteiger partial charge in [-0.1, -0.05) is 113 Å². The van der Waals surface area contributed by atoms with E-state index in [0.29, 0.717) is 15.6 Å². The standard InChI is InChI=1S/C36H35Cl4N3O4S/c1-24-14-16-30(17-15-24)48(46,47)43(29-20-26(37)19-27(38)21-29)23-35(44)42(22-31-32(39)12-7-13-33(31)40)34(18-25-8-3-2-4-9-25)36(45)41-28-10-5-6-11-28/h2-4,7-9,12-17,19-21,28,34H,5-6,10-11,18,22-23H2,1H3,(H,41,45)/t34-/m0/s1. The van der Waals surface area contributed by atoms with Gasteiger partial charge in [-0.05, 0) is 67.8 Å². The maximum Gasteiger partial charge on any atom is 0.264 e. The number of nitrogens with one attached hydrogen (secondary N) is 1. The van der Waals surface area contributed by atoms with E-state index in [1.807, 2.05) is 37.3 Å². The third-order valence-corrected chi connectivity index (χ3v) is 11.3. The van der Waals surface area contributed by atoms with E-state index in [2.05, 4.69) is 5.32 Å². The molecule has 48 heavy (non-hydrogen) atoms. The maximum atomic E-state index is 14.7. The maximum absolute atomic E-state index is 14.7. The van der Waals surface area contributed by atoms with Crippen LogP contribution in [0.1, 0.15) is 42.4 Å². The molecule has 1 atom stereocenters. The largest absolute Gasteiger partial charge is 0.352 e. The first-order valence-electron chi connectivity index (χ1n) is 15.5. The summed E-state index contributed by atoms with van der Waals surface area (Å²) < 4.78 is 29.5. The topological polar surface area (TPSA) is 86.8 Å². The Balaban J connectivity index is 1.61. The number of halogens is 4. The fraction of sp³-hybridized carbons (Fsp3) is 0.278. The van der Waals surface area contributed by atoms with Crippen molar-refractivity contribution in [3.8, 4) is 0 Å². The van der Waals surface area contributed by atoms with Crippen molar-refractivity contribution in [1.82, 2.24) is 10.2 Å². The molecule has 0 bridgehead atoms. The number of rotatable bonds is 12. The Morgan fingerprint density at radius 3 is 2.04 bits per heavy atom. The second-order valence-electron chi connectivity index (χ2n) is 11.9. The van der Waals surface area contributed by atoms with Crippen LogP contribution in [0, 0.1) is 6.92 Å². The number of amides is 2. The summed E-state index contributed by atoms with van der Waals surface area (Å²) >= 11 is 25.9. The molecule has 4 aromatic carbocycles. The van der Waals surface area contributed by atoms with Crippen molar-refractivity contribution in [2.24, 2.45) is 0 Å². The first kappa shape index (κ1) is 36.0. The SMILES string of the molecule is Cc1ccc(S(=O)(=O)N(CC(=O)N(Cc2c(Cl)cccc2Cl)[C@@H](Cc2ccccc2)C(=O)NC2CCCC2)c2cc(Cl)cc(Cl)c2)cc1. The van der Waals surface area contributed by atoms with Gasteiger partial charge >= 0.3 is 0 Å². The van der Waals surface area contributed by atoms with E-state index >= 15 is 0 Å². The Morgan fingerprint density at radius 2 is 1.44 bits per heavy atom. The van der Waals surface area contributed by atoms with Gasteiger partial charge in [0.15, 0.2) is 0 Å². The number of aryl methyl sites for hydroxylation is 1. The van der Waals surface area contributed by atoms with Gasteiger partial charge in [-0.15, -0.1) is 0 Å². The lowest BCUT2D eigenvalue weighted by Crippen LogP contribution is -2.54. The van der Waals surface area contributed by atoms with Gasteiger partial charge < -0.3 is 10.2 Å². The fourth-order valence-corrected chi connectivity index (χ4v) is 8.25. The van der Waals surface area contributed by atoms with Crippen LogP contribution in [0.5, 0.6) is 0 Å². The summed E-state index contributed by atoms with van der Waals surface area (Å²) in [5.41, 5.74) is 2.20. The number of carbonyl (C=O) groups excluding carboxylic acids is 2. The predicted molar refractivity (Wildman–Crippen MR) is 194 cm³/mol. The molecule has 0 radical (unpaired) electrons. The monoisotopic (exact) mass is 745 g/mol. The predicted octanol–water partition coefficient (Wildman–Crippen LogP) is 8.50. The molecule has 0 spiro atoms. The molecule has 0 heterocycles. The minimum absolute atomic E-state index is 0.0244. The highest BCUT2D eigenvalue weighted by Gasteiger charge is 2.36. The van der Waals surface area contributed by atoms with Crippen molar-refractivity contribution in [3.63, 3.8) is 0 Å². The molecular weight excluding hydrogens is 712 g/mol. The second kappa shape index (κ2) is 16.0. The normalized spacial score (nSPS) is 14.0. The van der Waals surface area contributed by atoms with Gasteiger partial charge in [0.05, 0.1) is 10.6 Å². The van der Waals surface area contributed by atoms with Crippen LogP contribution in [0.3, 0.4) is 0 Å². The Morgan fingerprint density at radius 1 is 0.833 bits per heavy atom. The van der Waals surface area contributed by atoms with Crippen molar-refractivity contribution in [3.05, 3.63) is 128 Å². The molecule has 1 N–H and O–H groups in total. The highest BCUT2D eigenvalue weighted by molar-refractivity contribution is 7.92. The van der Waals surface area contributed by atoms with Crippen molar-refractivity contribution in [2.45, 2.75) is 62.6 Å². The van der Waals surface area contributed by atoms with Gasteiger partial charge in [0.2, 0.25) is 11.8 Å². The Hall–Kier alpha value is -3.27. The summed E-state index contributed by atoms with van der Waals surface area (Å²) in [6.07, 6.45) is 3.85. The highest BCUT2D eigenvalue weighted by atomic mass is 35.5. The number of carbonyl (C=O) groups is 2. The number of hydrogen-bond donors (Lipinski definition) is 1. The molecule has 1 saturated carbocycles. The smallest absolute Gasteiger partial charge is 0.264 e. The van der Waals surface area contributed by atoms with Crippen molar-refractivity contribution in [2.75, 3.05) is 10.8 Å². The van der Waals surface area contributed by atoms with E-state index in [4.69, 9.17) is 46.4 Å². The lowest BCUT2D eigenvalue weighted by molar-refractivity contribution is -0.140. The Labute approximate surface area is 301 Å². The summed E-state index contributed by atoms with van der Waals surface area (Å²) in [4.78, 5) is 30.2. The molecule has 12 heteroatoms. The van der Waals surface area contributed by atoms with Crippen LogP contribution >= 0.6 is 46.4 Å². The van der Waals surface area contributed by atoms with Crippen LogP contribution in [-0.2, 0) is 32.6 Å². The minimum Gasteiger partial charge on any atom is -0.352 e. The molecule has 1 aliphatic carbocycles. The van der Waals surface area contributed by atoms with Gasteiger partial charge in [-0.2, -0.15) is 0 Å². The zero-order chi connectivity index (χ0) is 34.4. The number of benzene rings is 4. The zero-order valence-corrected chi connectivity index (χ0v) is 30.1. The molecule has 0 aromatic heterocycles. The molecule has 1 aliphatic rings. The number of hydrogen-bond acceptors (Lipinski definition) is 4. The summed E-state index contributed by atoms with van der Waals surface area (Å²) in [6, 6.07) is 23.9. The first-order chi connectivity index (χ1) is 22.9. The van der Waals surface area contributed by atoms with E-state index in [0.717, 1.165) is 41.1 Å². The van der Waals surface area contributed by atoms with Gasteiger partial charge in [-0.3, -0.25) is 13.9 Å². The highest BCUT2D eigenvalue weighted by Crippen LogP contribution is 2.32. The van der Waals surface area contributed by atoms with Gasteiger partial charge in [0.25, 0.3) is 10.0 Å². The minimum atomic E-state index is -4.33. The molecule has 2 amide bonds. The van der Waals surface area contributed by atoms with E-state index in [1.165, 1.54) is 35.2 Å². The second-order valence-corrected chi connectivity index (χ2v) is 15.4. The first-order valence-corrected chi connectivity index (χ1v) is 18.5. The number of anilines is 1. The molecule has 5 rings (SSSR count). The molecule has 252 valence electrons. The van der Waals surface area contributed by atoms with Crippen LogP contribution in [0.2, 0.25) is 20.1 Å². The average molecular weight is 748 g/mol. The molecule has 4 aromatic rings. The molecule has 7 nitrogen and oxygen atoms in total. The van der Waals surface area contributed by atoms with E-state index in [-0.39, 0.29) is 45.5 Å². The van der Waals surface area contributed by atoms with Crippen LogP contribution in [0.4, 0.5) is 5.69 Å². The van der Waals surface area contributed by atoms with Crippen LogP contribution in [0.15, 0.2) is 95.9 Å². The summed E-state index contributed by atoms with van der Waals surface area (Å²) in [5.74, 6) is -0.999. The van der Waals surface area contributed by atoms with Crippen LogP contribution in [0.25, 0.3) is 0 Å². The number of sulfonamides is 1. The molecule has 0 saturated heterocycles. The lowest BCUT2D eigenvalue weighted by atomic mass is 10.0. The summed E-state index contributed by atoms with van der Waals surface area (Å²) in [6.45, 7) is 1.02. The van der Waals surface area contributed by atoms with Crippen molar-refractivity contribution < 1.29 is 18.0 Å². The van der Waals surface area contributed by atoms with Gasteiger partial charge in [0.1, 0.15) is 12.6 Å². The third kappa shape index (κ3) is 8.84. The van der Waals surface area contributed by atoms with E-state index < -0.39 is 28.5 Å². The van der Waals surface area contributed by atoms with Crippen LogP contribution in [-0.4, -0.2) is 43.8 Å². The molecular formula is C36H35Cl4N3O4S. The van der Waals surface area contributed by atoms with Crippen molar-refractivity contribution in [1.29, 1.82) is 0 Å². The van der Waals surface area contributed by atoms with E-state index in [9.17, 15) is 18.0 Å². The Kier molecular flexibility index (Phi) is 12.0. The third-order valence-electron chi connectivity index (χ3n) is 8.39. The number of nitrogens with zero attached hydrogens (tertiary/aromatic N) is 2. The quantitative estimate of drug-likeness (QED) is 0.158. The molecule has 1 fully saturated rings. The fourth-order valence-electron chi connectivity index (χ4n) is 5.82. The summed E-state index contributed by atoms with van der Waals surface area (Å²) in [5, 5.41) is 4.13.